The Hall–Kier alpha value is -2.70. The van der Waals surface area contributed by atoms with Crippen LogP contribution >= 0.6 is 11.6 Å². The molecule has 26 heavy (non-hydrogen) atoms. The molecule has 0 spiro atoms. The summed E-state index contributed by atoms with van der Waals surface area (Å²) in [5.41, 5.74) is 0.0619. The molecular weight excluding hydrogens is 361 g/mol. The maximum Gasteiger partial charge on any atom is 0.349 e. The predicted molar refractivity (Wildman–Crippen MR) is 95.7 cm³/mol. The zero-order valence-electron chi connectivity index (χ0n) is 13.6. The average molecular weight is 376 g/mol. The highest BCUT2D eigenvalue weighted by Crippen LogP contribution is 2.20. The molecule has 0 aliphatic carbocycles. The number of benzene rings is 2. The normalized spacial score (nSPS) is 10.9. The third-order valence-electron chi connectivity index (χ3n) is 3.87. The van der Waals surface area contributed by atoms with Crippen LogP contribution in [0.5, 0.6) is 0 Å². The van der Waals surface area contributed by atoms with Crippen molar-refractivity contribution in [3.05, 3.63) is 80.9 Å². The van der Waals surface area contributed by atoms with Gasteiger partial charge < -0.3 is 14.4 Å². The number of aliphatic hydroxyl groups excluding tert-OH is 1. The summed E-state index contributed by atoms with van der Waals surface area (Å²) in [6.07, 6.45) is 0. The Kier molecular flexibility index (Phi) is 5.35. The van der Waals surface area contributed by atoms with Crippen LogP contribution < -0.4 is 5.63 Å². The van der Waals surface area contributed by atoms with Gasteiger partial charge in [-0.3, -0.25) is 4.79 Å². The molecule has 0 bridgehead atoms. The average Bonchev–Trinajstić information content (AvgIpc) is 2.62. The zero-order chi connectivity index (χ0) is 18.7. The van der Waals surface area contributed by atoms with Gasteiger partial charge in [0.1, 0.15) is 17.0 Å². The Morgan fingerprint density at radius 1 is 1.15 bits per heavy atom. The van der Waals surface area contributed by atoms with E-state index < -0.39 is 11.5 Å². The molecule has 3 aromatic rings. The molecular formula is C19H15ClFNO4. The summed E-state index contributed by atoms with van der Waals surface area (Å²) in [6.45, 7) is -0.145. The van der Waals surface area contributed by atoms with Crippen LogP contribution in [0.25, 0.3) is 11.0 Å². The Morgan fingerprint density at radius 2 is 1.88 bits per heavy atom. The SMILES string of the molecule is O=C(c1cc2cc(Cl)ccc2oc1=O)N(CCO)Cc1ccc(F)cc1. The van der Waals surface area contributed by atoms with Gasteiger partial charge in [0, 0.05) is 23.5 Å². The van der Waals surface area contributed by atoms with Crippen LogP contribution in [0.4, 0.5) is 4.39 Å². The lowest BCUT2D eigenvalue weighted by Crippen LogP contribution is -2.35. The summed E-state index contributed by atoms with van der Waals surface area (Å²) in [5.74, 6) is -0.972. The van der Waals surface area contributed by atoms with Crippen LogP contribution in [0.15, 0.2) is 57.7 Å². The fourth-order valence-corrected chi connectivity index (χ4v) is 2.78. The van der Waals surface area contributed by atoms with Gasteiger partial charge in [0.05, 0.1) is 6.61 Å². The van der Waals surface area contributed by atoms with E-state index >= 15 is 0 Å². The summed E-state index contributed by atoms with van der Waals surface area (Å²) in [4.78, 5) is 26.3. The second kappa shape index (κ2) is 7.68. The molecule has 0 fully saturated rings. The molecule has 0 aliphatic heterocycles. The first-order chi connectivity index (χ1) is 12.5. The molecule has 1 heterocycles. The monoisotopic (exact) mass is 375 g/mol. The summed E-state index contributed by atoms with van der Waals surface area (Å²) in [6, 6.07) is 11.8. The van der Waals surface area contributed by atoms with Gasteiger partial charge in [0.25, 0.3) is 5.91 Å². The van der Waals surface area contributed by atoms with E-state index in [1.807, 2.05) is 0 Å². The van der Waals surface area contributed by atoms with Gasteiger partial charge in [-0.2, -0.15) is 0 Å². The van der Waals surface area contributed by atoms with Crippen molar-refractivity contribution in [1.82, 2.24) is 4.90 Å². The van der Waals surface area contributed by atoms with Crippen LogP contribution in [0.2, 0.25) is 5.02 Å². The highest BCUT2D eigenvalue weighted by molar-refractivity contribution is 6.31. The first kappa shape index (κ1) is 18.1. The van der Waals surface area contributed by atoms with Crippen molar-refractivity contribution < 1.29 is 18.7 Å². The van der Waals surface area contributed by atoms with Crippen LogP contribution in [-0.2, 0) is 6.54 Å². The number of aliphatic hydroxyl groups is 1. The maximum absolute atomic E-state index is 13.0. The number of hydrogen-bond donors (Lipinski definition) is 1. The number of nitrogens with zero attached hydrogens (tertiary/aromatic N) is 1. The molecule has 0 atom stereocenters. The topological polar surface area (TPSA) is 70.8 Å². The third-order valence-corrected chi connectivity index (χ3v) is 4.10. The van der Waals surface area contributed by atoms with Gasteiger partial charge in [-0.15, -0.1) is 0 Å². The minimum absolute atomic E-state index is 0.0171. The Morgan fingerprint density at radius 3 is 2.58 bits per heavy atom. The van der Waals surface area contributed by atoms with Gasteiger partial charge in [-0.05, 0) is 42.0 Å². The lowest BCUT2D eigenvalue weighted by Gasteiger charge is -2.21. The maximum atomic E-state index is 13.0. The number of fused-ring (bicyclic) bond motifs is 1. The number of carbonyl (C=O) groups excluding carboxylic acids is 1. The van der Waals surface area contributed by atoms with E-state index in [4.69, 9.17) is 16.0 Å². The molecule has 1 amide bonds. The molecule has 1 N–H and O–H groups in total. The minimum Gasteiger partial charge on any atom is -0.422 e. The van der Waals surface area contributed by atoms with Gasteiger partial charge >= 0.3 is 5.63 Å². The van der Waals surface area contributed by atoms with Crippen LogP contribution in [0, 0.1) is 5.82 Å². The van der Waals surface area contributed by atoms with Gasteiger partial charge in [-0.25, -0.2) is 9.18 Å². The predicted octanol–water partition coefficient (Wildman–Crippen LogP) is 3.22. The molecule has 2 aromatic carbocycles. The van der Waals surface area contributed by atoms with E-state index in [9.17, 15) is 19.1 Å². The molecule has 7 heteroatoms. The van der Waals surface area contributed by atoms with Crippen molar-refractivity contribution in [2.24, 2.45) is 0 Å². The smallest absolute Gasteiger partial charge is 0.349 e. The van der Waals surface area contributed by atoms with E-state index in [2.05, 4.69) is 0 Å². The standard InChI is InChI=1S/C19H15ClFNO4/c20-14-3-6-17-13(9-14)10-16(19(25)26-17)18(24)22(7-8-23)11-12-1-4-15(21)5-2-12/h1-6,9-10,23H,7-8,11H2. The summed E-state index contributed by atoms with van der Waals surface area (Å²) in [7, 11) is 0. The second-order valence-corrected chi connectivity index (χ2v) is 6.14. The second-order valence-electron chi connectivity index (χ2n) is 5.71. The highest BCUT2D eigenvalue weighted by Gasteiger charge is 2.21. The molecule has 0 saturated carbocycles. The van der Waals surface area contributed by atoms with Gasteiger partial charge in [-0.1, -0.05) is 23.7 Å². The summed E-state index contributed by atoms with van der Waals surface area (Å²) in [5, 5.41) is 10.2. The van der Waals surface area contributed by atoms with E-state index in [1.165, 1.54) is 35.2 Å². The van der Waals surface area contributed by atoms with E-state index in [0.717, 1.165) is 0 Å². The van der Waals surface area contributed by atoms with Crippen molar-refractivity contribution in [3.8, 4) is 0 Å². The summed E-state index contributed by atoms with van der Waals surface area (Å²) >= 11 is 5.94. The van der Waals surface area contributed by atoms with Gasteiger partial charge in [0.2, 0.25) is 0 Å². The van der Waals surface area contributed by atoms with Crippen molar-refractivity contribution >= 4 is 28.5 Å². The molecule has 1 aromatic heterocycles. The third kappa shape index (κ3) is 3.92. The molecule has 134 valence electrons. The van der Waals surface area contributed by atoms with Gasteiger partial charge in [0.15, 0.2) is 0 Å². The minimum atomic E-state index is -0.771. The highest BCUT2D eigenvalue weighted by atomic mass is 35.5. The Labute approximate surface area is 153 Å². The first-order valence-electron chi connectivity index (χ1n) is 7.86. The van der Waals surface area contributed by atoms with Crippen molar-refractivity contribution in [2.75, 3.05) is 13.2 Å². The zero-order valence-corrected chi connectivity index (χ0v) is 14.4. The van der Waals surface area contributed by atoms with Crippen LogP contribution in [-0.4, -0.2) is 29.1 Å². The molecule has 5 nitrogen and oxygen atoms in total. The first-order valence-corrected chi connectivity index (χ1v) is 8.24. The lowest BCUT2D eigenvalue weighted by atomic mass is 10.1. The number of hydrogen-bond acceptors (Lipinski definition) is 4. The fraction of sp³-hybridized carbons (Fsp3) is 0.158. The molecule has 0 saturated heterocycles. The van der Waals surface area contributed by atoms with Crippen LogP contribution in [0.1, 0.15) is 15.9 Å². The van der Waals surface area contributed by atoms with Crippen molar-refractivity contribution in [2.45, 2.75) is 6.54 Å². The molecule has 0 radical (unpaired) electrons. The lowest BCUT2D eigenvalue weighted by molar-refractivity contribution is 0.0703. The number of rotatable bonds is 5. The number of amides is 1. The van der Waals surface area contributed by atoms with Crippen molar-refractivity contribution in [1.29, 1.82) is 0 Å². The number of halogens is 2. The van der Waals surface area contributed by atoms with Crippen LogP contribution in [0.3, 0.4) is 0 Å². The van der Waals surface area contributed by atoms with E-state index in [0.29, 0.717) is 21.6 Å². The van der Waals surface area contributed by atoms with Crippen molar-refractivity contribution in [3.63, 3.8) is 0 Å². The quantitative estimate of drug-likeness (QED) is 0.695. The van der Waals surface area contributed by atoms with E-state index in [-0.39, 0.29) is 31.1 Å². The molecule has 3 rings (SSSR count). The van der Waals surface area contributed by atoms with E-state index in [1.54, 1.807) is 18.2 Å². The Balaban J connectivity index is 1.95. The number of carbonyl (C=O) groups is 1. The largest absolute Gasteiger partial charge is 0.422 e. The fourth-order valence-electron chi connectivity index (χ4n) is 2.60. The molecule has 0 unspecified atom stereocenters. The summed E-state index contributed by atoms with van der Waals surface area (Å²) < 4.78 is 18.2. The molecule has 0 aliphatic rings. The Bertz CT molecular complexity index is 1000.